The third-order valence-electron chi connectivity index (χ3n) is 3.07. The summed E-state index contributed by atoms with van der Waals surface area (Å²) in [5.74, 6) is 1.56. The lowest BCUT2D eigenvalue weighted by molar-refractivity contribution is 0.322. The summed E-state index contributed by atoms with van der Waals surface area (Å²) < 4.78 is 18.3. The lowest BCUT2D eigenvalue weighted by Crippen LogP contribution is -2.04. The lowest BCUT2D eigenvalue weighted by Gasteiger charge is -2.16. The second-order valence-electron chi connectivity index (χ2n) is 4.36. The number of aromatic nitrogens is 2. The van der Waals surface area contributed by atoms with Gasteiger partial charge in [-0.05, 0) is 27.6 Å². The summed E-state index contributed by atoms with van der Waals surface area (Å²) in [7, 11) is 4.64. The minimum absolute atomic E-state index is 0.198. The smallest absolute Gasteiger partial charge is 0.204 e. The molecule has 116 valence electrons. The van der Waals surface area contributed by atoms with Gasteiger partial charge in [0.2, 0.25) is 5.75 Å². The maximum Gasteiger partial charge on any atom is 0.204 e. The Morgan fingerprint density at radius 2 is 1.95 bits per heavy atom. The fraction of sp³-hybridized carbons (Fsp3) is 0.286. The molecule has 0 saturated heterocycles. The van der Waals surface area contributed by atoms with Gasteiger partial charge in [0.1, 0.15) is 6.07 Å². The lowest BCUT2D eigenvalue weighted by atomic mass is 10.2. The van der Waals surface area contributed by atoms with E-state index in [2.05, 4.69) is 21.0 Å². The van der Waals surface area contributed by atoms with E-state index in [0.29, 0.717) is 29.5 Å². The van der Waals surface area contributed by atoms with Crippen molar-refractivity contribution in [3.63, 3.8) is 0 Å². The number of ether oxygens (including phenoxy) is 3. The van der Waals surface area contributed by atoms with E-state index >= 15 is 0 Å². The molecule has 0 bridgehead atoms. The molecule has 0 saturated carbocycles. The summed E-state index contributed by atoms with van der Waals surface area (Å²) in [6, 6.07) is 3.76. The molecule has 0 aliphatic rings. The van der Waals surface area contributed by atoms with Crippen LogP contribution in [0.3, 0.4) is 0 Å². The van der Waals surface area contributed by atoms with Crippen molar-refractivity contribution < 1.29 is 14.2 Å². The first-order chi connectivity index (χ1) is 10.5. The molecule has 0 radical (unpaired) electrons. The number of anilines is 1. The Labute approximate surface area is 136 Å². The third kappa shape index (κ3) is 2.80. The Morgan fingerprint density at radius 1 is 1.27 bits per heavy atom. The van der Waals surface area contributed by atoms with Crippen LogP contribution < -0.4 is 19.9 Å². The number of hydrogen-bond acceptors (Lipinski definition) is 6. The zero-order valence-electron chi connectivity index (χ0n) is 12.4. The highest BCUT2D eigenvalue weighted by Crippen LogP contribution is 2.44. The quantitative estimate of drug-likeness (QED) is 0.870. The SMILES string of the molecule is COc1cc(Cn2cc(N)c(C#N)n2)c(Br)c(OC)c1OC. The molecule has 2 rings (SSSR count). The van der Waals surface area contributed by atoms with Gasteiger partial charge in [-0.1, -0.05) is 0 Å². The molecule has 0 amide bonds. The Morgan fingerprint density at radius 3 is 2.45 bits per heavy atom. The number of benzene rings is 1. The van der Waals surface area contributed by atoms with Gasteiger partial charge in [-0.25, -0.2) is 0 Å². The fourth-order valence-electron chi connectivity index (χ4n) is 2.07. The molecule has 0 fully saturated rings. The van der Waals surface area contributed by atoms with Crippen molar-refractivity contribution in [1.82, 2.24) is 9.78 Å². The van der Waals surface area contributed by atoms with Crippen LogP contribution in [-0.4, -0.2) is 31.1 Å². The van der Waals surface area contributed by atoms with E-state index in [1.807, 2.05) is 12.1 Å². The van der Waals surface area contributed by atoms with Crippen LogP contribution in [-0.2, 0) is 6.54 Å². The molecular formula is C14H15BrN4O3. The second-order valence-corrected chi connectivity index (χ2v) is 5.15. The topological polar surface area (TPSA) is 95.3 Å². The van der Waals surface area contributed by atoms with Crippen LogP contribution in [0.1, 0.15) is 11.3 Å². The predicted octanol–water partition coefficient (Wildman–Crippen LogP) is 2.17. The molecule has 1 heterocycles. The van der Waals surface area contributed by atoms with E-state index in [9.17, 15) is 0 Å². The van der Waals surface area contributed by atoms with Gasteiger partial charge in [0.25, 0.3) is 0 Å². The minimum atomic E-state index is 0.198. The molecule has 7 nitrogen and oxygen atoms in total. The van der Waals surface area contributed by atoms with Crippen molar-refractivity contribution in [2.24, 2.45) is 0 Å². The molecule has 0 atom stereocenters. The maximum absolute atomic E-state index is 8.91. The number of rotatable bonds is 5. The van der Waals surface area contributed by atoms with Crippen molar-refractivity contribution in [3.05, 3.63) is 28.0 Å². The highest BCUT2D eigenvalue weighted by Gasteiger charge is 2.19. The van der Waals surface area contributed by atoms with Crippen LogP contribution in [0.4, 0.5) is 5.69 Å². The first kappa shape index (κ1) is 16.0. The molecule has 2 N–H and O–H groups in total. The Balaban J connectivity index is 2.48. The maximum atomic E-state index is 8.91. The van der Waals surface area contributed by atoms with Crippen LogP contribution in [0, 0.1) is 11.3 Å². The van der Waals surface area contributed by atoms with E-state index in [-0.39, 0.29) is 5.69 Å². The van der Waals surface area contributed by atoms with Gasteiger partial charge >= 0.3 is 0 Å². The first-order valence-electron chi connectivity index (χ1n) is 6.26. The van der Waals surface area contributed by atoms with Crippen molar-refractivity contribution in [1.29, 1.82) is 5.26 Å². The van der Waals surface area contributed by atoms with Crippen LogP contribution in [0.5, 0.6) is 17.2 Å². The van der Waals surface area contributed by atoms with Crippen molar-refractivity contribution in [2.45, 2.75) is 6.54 Å². The number of nitrogens with two attached hydrogens (primary N) is 1. The molecule has 0 aliphatic carbocycles. The van der Waals surface area contributed by atoms with Gasteiger partial charge in [-0.3, -0.25) is 4.68 Å². The van der Waals surface area contributed by atoms with Gasteiger partial charge in [0.05, 0.1) is 38.0 Å². The molecule has 0 aliphatic heterocycles. The zero-order valence-corrected chi connectivity index (χ0v) is 14.0. The minimum Gasteiger partial charge on any atom is -0.493 e. The number of halogens is 1. The average molecular weight is 367 g/mol. The summed E-state index contributed by atoms with van der Waals surface area (Å²) in [6.45, 7) is 0.392. The Bertz CT molecular complexity index is 737. The molecule has 1 aromatic heterocycles. The van der Waals surface area contributed by atoms with Gasteiger partial charge in [-0.2, -0.15) is 10.4 Å². The molecular weight excluding hydrogens is 352 g/mol. The highest BCUT2D eigenvalue weighted by atomic mass is 79.9. The average Bonchev–Trinajstić information content (AvgIpc) is 2.88. The normalized spacial score (nSPS) is 10.1. The van der Waals surface area contributed by atoms with E-state index in [4.69, 9.17) is 25.2 Å². The van der Waals surface area contributed by atoms with Crippen LogP contribution in [0.15, 0.2) is 16.7 Å². The molecule has 0 unspecified atom stereocenters. The van der Waals surface area contributed by atoms with E-state index in [1.54, 1.807) is 32.2 Å². The van der Waals surface area contributed by atoms with Crippen LogP contribution in [0.2, 0.25) is 0 Å². The van der Waals surface area contributed by atoms with E-state index < -0.39 is 0 Å². The standard InChI is InChI=1S/C14H15BrN4O3/c1-20-11-4-8(12(15)14(22-3)13(11)21-2)6-19-7-9(17)10(5-16)18-19/h4,7H,6,17H2,1-3H3. The summed E-state index contributed by atoms with van der Waals surface area (Å²) in [5, 5.41) is 13.0. The van der Waals surface area contributed by atoms with Gasteiger partial charge in [-0.15, -0.1) is 0 Å². The van der Waals surface area contributed by atoms with E-state index in [1.165, 1.54) is 0 Å². The summed E-state index contributed by atoms with van der Waals surface area (Å²) in [6.07, 6.45) is 1.61. The summed E-state index contributed by atoms with van der Waals surface area (Å²) in [5.41, 5.74) is 7.10. The zero-order chi connectivity index (χ0) is 16.3. The number of methoxy groups -OCH3 is 3. The molecule has 2 aromatic rings. The number of hydrogen-bond donors (Lipinski definition) is 1. The molecule has 8 heteroatoms. The van der Waals surface area contributed by atoms with E-state index in [0.717, 1.165) is 10.0 Å². The Hall–Kier alpha value is -2.40. The largest absolute Gasteiger partial charge is 0.493 e. The van der Waals surface area contributed by atoms with Gasteiger partial charge in [0, 0.05) is 6.20 Å². The number of nitriles is 1. The van der Waals surface area contributed by atoms with Crippen molar-refractivity contribution >= 4 is 21.6 Å². The summed E-state index contributed by atoms with van der Waals surface area (Å²) in [4.78, 5) is 0. The first-order valence-corrected chi connectivity index (χ1v) is 7.05. The Kier molecular flexibility index (Phi) is 4.78. The van der Waals surface area contributed by atoms with Gasteiger partial charge in [0.15, 0.2) is 17.2 Å². The fourth-order valence-corrected chi connectivity index (χ4v) is 2.65. The second kappa shape index (κ2) is 6.58. The van der Waals surface area contributed by atoms with Gasteiger partial charge < -0.3 is 19.9 Å². The van der Waals surface area contributed by atoms with Crippen LogP contribution >= 0.6 is 15.9 Å². The predicted molar refractivity (Wildman–Crippen MR) is 84.3 cm³/mol. The number of nitrogens with zero attached hydrogens (tertiary/aromatic N) is 3. The molecule has 1 aromatic carbocycles. The third-order valence-corrected chi connectivity index (χ3v) is 3.94. The van der Waals surface area contributed by atoms with Crippen molar-refractivity contribution in [2.75, 3.05) is 27.1 Å². The summed E-state index contributed by atoms with van der Waals surface area (Å²) >= 11 is 3.50. The molecule has 22 heavy (non-hydrogen) atoms. The molecule has 0 spiro atoms. The monoisotopic (exact) mass is 366 g/mol. The van der Waals surface area contributed by atoms with Crippen molar-refractivity contribution in [3.8, 4) is 23.3 Å². The number of nitrogen functional groups attached to an aromatic ring is 1. The van der Waals surface area contributed by atoms with Crippen LogP contribution in [0.25, 0.3) is 0 Å². The highest BCUT2D eigenvalue weighted by molar-refractivity contribution is 9.10.